The summed E-state index contributed by atoms with van der Waals surface area (Å²) < 4.78 is 58.4. The smallest absolute Gasteiger partial charge is 0.267 e. The van der Waals surface area contributed by atoms with Gasteiger partial charge >= 0.3 is 0 Å². The lowest BCUT2D eigenvalue weighted by molar-refractivity contribution is -0.122. The van der Waals surface area contributed by atoms with Crippen LogP contribution in [0.1, 0.15) is 19.3 Å². The fourth-order valence-corrected chi connectivity index (χ4v) is 6.45. The lowest BCUT2D eigenvalue weighted by Crippen LogP contribution is -2.48. The van der Waals surface area contributed by atoms with Gasteiger partial charge in [-0.25, -0.2) is 16.8 Å². The zero-order chi connectivity index (χ0) is 23.8. The first-order valence-corrected chi connectivity index (χ1v) is 14.1. The Morgan fingerprint density at radius 2 is 1.70 bits per heavy atom. The quantitative estimate of drug-likeness (QED) is 0.657. The third-order valence-electron chi connectivity index (χ3n) is 5.56. The van der Waals surface area contributed by atoms with Crippen molar-refractivity contribution in [1.82, 2.24) is 4.31 Å². The Labute approximate surface area is 198 Å². The van der Waals surface area contributed by atoms with Crippen LogP contribution in [0.2, 0.25) is 5.02 Å². The number of ether oxygens (including phenoxy) is 1. The molecule has 2 aromatic rings. The molecule has 0 aliphatic carbocycles. The number of rotatable bonds is 5. The first-order valence-electron chi connectivity index (χ1n) is 10.4. The van der Waals surface area contributed by atoms with Gasteiger partial charge in [-0.15, -0.1) is 0 Å². The summed E-state index contributed by atoms with van der Waals surface area (Å²) >= 11 is 5.99. The predicted molar refractivity (Wildman–Crippen MR) is 126 cm³/mol. The van der Waals surface area contributed by atoms with Crippen molar-refractivity contribution in [3.8, 4) is 5.75 Å². The first-order chi connectivity index (χ1) is 15.6. The van der Waals surface area contributed by atoms with Crippen molar-refractivity contribution in [2.24, 2.45) is 0 Å². The number of fused-ring (bicyclic) bond motifs is 1. The summed E-state index contributed by atoms with van der Waals surface area (Å²) in [5, 5.41) is 3.01. The van der Waals surface area contributed by atoms with Crippen LogP contribution in [0.5, 0.6) is 5.75 Å². The second kappa shape index (κ2) is 9.13. The number of carbonyl (C=O) groups is 1. The Balaban J connectivity index is 1.50. The van der Waals surface area contributed by atoms with E-state index in [1.807, 2.05) is 0 Å². The Kier molecular flexibility index (Phi) is 6.59. The zero-order valence-electron chi connectivity index (χ0n) is 17.9. The van der Waals surface area contributed by atoms with Crippen molar-refractivity contribution in [3.05, 3.63) is 47.5 Å². The summed E-state index contributed by atoms with van der Waals surface area (Å²) in [5.41, 5.74) is 0.635. The van der Waals surface area contributed by atoms with Gasteiger partial charge in [-0.05, 0) is 55.3 Å². The van der Waals surface area contributed by atoms with Crippen LogP contribution in [0.25, 0.3) is 0 Å². The Hall–Kier alpha value is -2.34. The largest absolute Gasteiger partial charge is 0.476 e. The van der Waals surface area contributed by atoms with Gasteiger partial charge in [0.25, 0.3) is 5.91 Å². The highest BCUT2D eigenvalue weighted by Gasteiger charge is 2.35. The molecule has 0 radical (unpaired) electrons. The maximum absolute atomic E-state index is 12.8. The van der Waals surface area contributed by atoms with Crippen molar-refractivity contribution in [2.75, 3.05) is 35.5 Å². The maximum atomic E-state index is 12.8. The highest BCUT2D eigenvalue weighted by molar-refractivity contribution is 7.92. The van der Waals surface area contributed by atoms with E-state index in [4.69, 9.17) is 16.3 Å². The van der Waals surface area contributed by atoms with Crippen molar-refractivity contribution in [3.63, 3.8) is 0 Å². The number of piperidine rings is 1. The van der Waals surface area contributed by atoms with Gasteiger partial charge in [0.05, 0.1) is 23.4 Å². The van der Waals surface area contributed by atoms with Crippen molar-refractivity contribution >= 4 is 48.9 Å². The van der Waals surface area contributed by atoms with Crippen molar-refractivity contribution in [2.45, 2.75) is 30.3 Å². The molecule has 1 fully saturated rings. The molecule has 9 nitrogen and oxygen atoms in total. The van der Waals surface area contributed by atoms with Crippen LogP contribution in [-0.4, -0.2) is 59.0 Å². The summed E-state index contributed by atoms with van der Waals surface area (Å²) in [6.07, 6.45) is 2.64. The summed E-state index contributed by atoms with van der Waals surface area (Å²) in [7, 11) is -7.26. The van der Waals surface area contributed by atoms with E-state index in [-0.39, 0.29) is 22.9 Å². The molecular formula is C21H24ClN3O6S2. The number of hydrogen-bond acceptors (Lipinski definition) is 6. The molecule has 33 heavy (non-hydrogen) atoms. The highest BCUT2D eigenvalue weighted by Crippen LogP contribution is 2.37. The van der Waals surface area contributed by atoms with E-state index in [0.29, 0.717) is 23.8 Å². The van der Waals surface area contributed by atoms with E-state index < -0.39 is 32.1 Å². The number of halogens is 1. The summed E-state index contributed by atoms with van der Waals surface area (Å²) in [4.78, 5) is 13.0. The van der Waals surface area contributed by atoms with Crippen LogP contribution < -0.4 is 14.4 Å². The molecule has 2 aliphatic rings. The lowest BCUT2D eigenvalue weighted by Gasteiger charge is -2.34. The molecule has 1 N–H and O–H groups in total. The summed E-state index contributed by atoms with van der Waals surface area (Å²) in [5.74, 6) is -0.338. The Morgan fingerprint density at radius 3 is 2.33 bits per heavy atom. The molecule has 0 spiro atoms. The molecule has 2 heterocycles. The minimum absolute atomic E-state index is 0.158. The molecule has 1 unspecified atom stereocenters. The van der Waals surface area contributed by atoms with Gasteiger partial charge in [0, 0.05) is 23.8 Å². The van der Waals surface area contributed by atoms with Gasteiger partial charge in [0.15, 0.2) is 6.10 Å². The van der Waals surface area contributed by atoms with Gasteiger partial charge in [0.2, 0.25) is 20.0 Å². The fraction of sp³-hybridized carbons (Fsp3) is 0.381. The first kappa shape index (κ1) is 23.8. The molecule has 0 saturated carbocycles. The van der Waals surface area contributed by atoms with Crippen LogP contribution in [0, 0.1) is 0 Å². The molecule has 178 valence electrons. The summed E-state index contributed by atoms with van der Waals surface area (Å²) in [6, 6.07) is 10.4. The van der Waals surface area contributed by atoms with Crippen LogP contribution in [0.15, 0.2) is 47.4 Å². The molecule has 1 amide bonds. The normalized spacial score (nSPS) is 19.5. The molecular weight excluding hydrogens is 490 g/mol. The number of amides is 1. The highest BCUT2D eigenvalue weighted by atomic mass is 35.5. The van der Waals surface area contributed by atoms with Crippen LogP contribution >= 0.6 is 11.6 Å². The minimum atomic E-state index is -3.68. The summed E-state index contributed by atoms with van der Waals surface area (Å²) in [6.45, 7) is 0.784. The minimum Gasteiger partial charge on any atom is -0.476 e. The molecule has 12 heteroatoms. The topological polar surface area (TPSA) is 113 Å². The Morgan fingerprint density at radius 1 is 1.03 bits per heavy atom. The average Bonchev–Trinajstić information content (AvgIpc) is 2.78. The van der Waals surface area contributed by atoms with Gasteiger partial charge in [0.1, 0.15) is 5.75 Å². The number of nitrogens with one attached hydrogen (secondary N) is 1. The van der Waals surface area contributed by atoms with E-state index in [0.717, 1.165) is 29.8 Å². The predicted octanol–water partition coefficient (Wildman–Crippen LogP) is 2.68. The molecule has 0 bridgehead atoms. The van der Waals surface area contributed by atoms with E-state index in [2.05, 4.69) is 5.32 Å². The Bertz CT molecular complexity index is 1260. The molecule has 4 rings (SSSR count). The number of carbonyl (C=O) groups excluding carboxylic acids is 1. The fourth-order valence-electron chi connectivity index (χ4n) is 3.86. The van der Waals surface area contributed by atoms with Gasteiger partial charge in [-0.3, -0.25) is 9.10 Å². The monoisotopic (exact) mass is 513 g/mol. The van der Waals surface area contributed by atoms with E-state index in [9.17, 15) is 21.6 Å². The van der Waals surface area contributed by atoms with Gasteiger partial charge in [-0.1, -0.05) is 18.0 Å². The molecule has 0 aromatic heterocycles. The van der Waals surface area contributed by atoms with Crippen LogP contribution in [0.3, 0.4) is 0 Å². The third-order valence-corrected chi connectivity index (χ3v) is 8.85. The molecule has 1 saturated heterocycles. The lowest BCUT2D eigenvalue weighted by atomic mass is 10.2. The van der Waals surface area contributed by atoms with Crippen molar-refractivity contribution in [1.29, 1.82) is 0 Å². The van der Waals surface area contributed by atoms with Gasteiger partial charge in [-0.2, -0.15) is 4.31 Å². The zero-order valence-corrected chi connectivity index (χ0v) is 20.3. The molecule has 2 aromatic carbocycles. The van der Waals surface area contributed by atoms with E-state index >= 15 is 0 Å². The van der Waals surface area contributed by atoms with E-state index in [1.165, 1.54) is 40.7 Å². The number of hydrogen-bond donors (Lipinski definition) is 1. The number of sulfonamides is 2. The third kappa shape index (κ3) is 5.11. The molecule has 1 atom stereocenters. The average molecular weight is 514 g/mol. The SMILES string of the molecule is CS(=O)(=O)N1CC(C(=O)Nc2ccc(S(=O)(=O)N3CCCCC3)cc2)Oc2ccc(Cl)cc21. The second-order valence-corrected chi connectivity index (χ2v) is 12.3. The number of nitrogens with zero attached hydrogens (tertiary/aromatic N) is 2. The maximum Gasteiger partial charge on any atom is 0.267 e. The second-order valence-electron chi connectivity index (χ2n) is 7.99. The van der Waals surface area contributed by atoms with Crippen LogP contribution in [0.4, 0.5) is 11.4 Å². The molecule has 2 aliphatic heterocycles. The standard InChI is InChI=1S/C21H24ClN3O6S2/c1-32(27,28)25-14-20(31-19-10-5-15(22)13-18(19)25)21(26)23-16-6-8-17(9-7-16)33(29,30)24-11-3-2-4-12-24/h5-10,13,20H,2-4,11-12,14H2,1H3,(H,23,26). The van der Waals surface area contributed by atoms with Gasteiger partial charge < -0.3 is 10.1 Å². The van der Waals surface area contributed by atoms with Crippen LogP contribution in [-0.2, 0) is 24.8 Å². The number of anilines is 2. The number of benzene rings is 2. The van der Waals surface area contributed by atoms with E-state index in [1.54, 1.807) is 6.07 Å². The van der Waals surface area contributed by atoms with Crippen molar-refractivity contribution < 1.29 is 26.4 Å².